The molecule has 1 heterocycles. The van der Waals surface area contributed by atoms with Crippen LogP contribution in [-0.4, -0.2) is 19.6 Å². The molecule has 2 aromatic rings. The van der Waals surface area contributed by atoms with Crippen molar-refractivity contribution < 1.29 is 18.3 Å². The van der Waals surface area contributed by atoms with Crippen molar-refractivity contribution in [3.05, 3.63) is 52.6 Å². The number of benzene rings is 2. The van der Waals surface area contributed by atoms with E-state index in [1.807, 2.05) is 12.1 Å². The summed E-state index contributed by atoms with van der Waals surface area (Å²) in [5.74, 6) is -1.54. The zero-order chi connectivity index (χ0) is 20.5. The first-order valence-electron chi connectivity index (χ1n) is 9.46. The first-order chi connectivity index (χ1) is 13.2. The van der Waals surface area contributed by atoms with Crippen molar-refractivity contribution in [2.45, 2.75) is 45.4 Å². The van der Waals surface area contributed by atoms with Gasteiger partial charge in [-0.25, -0.2) is 8.78 Å². The molecular weight excluding hydrogens is 362 g/mol. The summed E-state index contributed by atoms with van der Waals surface area (Å²) in [6, 6.07) is 5.87. The van der Waals surface area contributed by atoms with Crippen molar-refractivity contribution in [1.29, 1.82) is 0 Å². The van der Waals surface area contributed by atoms with Crippen LogP contribution < -0.4 is 15.4 Å². The molecule has 4 nitrogen and oxygen atoms in total. The average Bonchev–Trinajstić information content (AvgIpc) is 2.83. The van der Waals surface area contributed by atoms with Gasteiger partial charge >= 0.3 is 0 Å². The maximum absolute atomic E-state index is 14.5. The highest BCUT2D eigenvalue weighted by Gasteiger charge is 2.25. The molecule has 150 valence electrons. The van der Waals surface area contributed by atoms with Gasteiger partial charge in [0.25, 0.3) is 5.91 Å². The van der Waals surface area contributed by atoms with E-state index in [1.165, 1.54) is 7.11 Å². The summed E-state index contributed by atoms with van der Waals surface area (Å²) < 4.78 is 34.3. The molecule has 0 aromatic heterocycles. The molecule has 0 atom stereocenters. The van der Waals surface area contributed by atoms with E-state index >= 15 is 0 Å². The number of halogens is 2. The van der Waals surface area contributed by atoms with Crippen LogP contribution in [0.1, 0.15) is 55.1 Å². The number of anilines is 2. The van der Waals surface area contributed by atoms with Crippen LogP contribution in [0.2, 0.25) is 0 Å². The number of hydrogen-bond acceptors (Lipinski definition) is 3. The van der Waals surface area contributed by atoms with E-state index in [0.717, 1.165) is 49.2 Å². The molecule has 0 radical (unpaired) electrons. The van der Waals surface area contributed by atoms with E-state index in [-0.39, 0.29) is 11.1 Å². The van der Waals surface area contributed by atoms with Crippen LogP contribution in [0.15, 0.2) is 24.3 Å². The molecule has 0 fully saturated rings. The van der Waals surface area contributed by atoms with Crippen molar-refractivity contribution in [1.82, 2.24) is 0 Å². The Balaban J connectivity index is 1.92. The highest BCUT2D eigenvalue weighted by atomic mass is 19.1. The highest BCUT2D eigenvalue weighted by molar-refractivity contribution is 6.05. The topological polar surface area (TPSA) is 50.4 Å². The third-order valence-electron chi connectivity index (χ3n) is 4.92. The second-order valence-corrected chi connectivity index (χ2v) is 8.11. The van der Waals surface area contributed by atoms with Gasteiger partial charge in [-0.05, 0) is 48.4 Å². The predicted molar refractivity (Wildman–Crippen MR) is 107 cm³/mol. The molecule has 1 aliphatic heterocycles. The van der Waals surface area contributed by atoms with Gasteiger partial charge in [0.05, 0.1) is 12.8 Å². The van der Waals surface area contributed by atoms with Crippen LogP contribution in [0.4, 0.5) is 20.2 Å². The molecule has 2 N–H and O–H groups in total. The van der Waals surface area contributed by atoms with E-state index in [0.29, 0.717) is 11.4 Å². The smallest absolute Gasteiger partial charge is 0.255 e. The molecule has 0 bridgehead atoms. The Bertz CT molecular complexity index is 881. The second kappa shape index (κ2) is 7.78. The minimum atomic E-state index is -0.726. The van der Waals surface area contributed by atoms with E-state index in [4.69, 9.17) is 4.74 Å². The quantitative estimate of drug-likeness (QED) is 0.753. The number of amides is 1. The van der Waals surface area contributed by atoms with Gasteiger partial charge in [0.1, 0.15) is 17.4 Å². The first kappa shape index (κ1) is 20.1. The molecule has 28 heavy (non-hydrogen) atoms. The number of carbonyl (C=O) groups is 1. The fourth-order valence-corrected chi connectivity index (χ4v) is 3.54. The van der Waals surface area contributed by atoms with Crippen molar-refractivity contribution in [3.63, 3.8) is 0 Å². The van der Waals surface area contributed by atoms with Crippen molar-refractivity contribution in [3.8, 4) is 5.75 Å². The van der Waals surface area contributed by atoms with Gasteiger partial charge in [0.2, 0.25) is 0 Å². The molecule has 1 aliphatic rings. The molecular formula is C22H26F2N2O2. The number of aryl methyl sites for hydroxylation is 1. The molecule has 0 saturated heterocycles. The number of rotatable bonds is 3. The number of fused-ring (bicyclic) bond motifs is 1. The average molecular weight is 388 g/mol. The van der Waals surface area contributed by atoms with Crippen molar-refractivity contribution in [2.24, 2.45) is 0 Å². The van der Waals surface area contributed by atoms with Crippen LogP contribution in [0, 0.1) is 11.6 Å². The summed E-state index contributed by atoms with van der Waals surface area (Å²) in [6.45, 7) is 6.06. The normalized spacial score (nSPS) is 13.9. The van der Waals surface area contributed by atoms with Gasteiger partial charge in [0, 0.05) is 29.4 Å². The van der Waals surface area contributed by atoms with Crippen LogP contribution in [0.25, 0.3) is 0 Å². The Morgan fingerprint density at radius 2 is 1.79 bits per heavy atom. The number of nitrogens with one attached hydrogen (secondary N) is 2. The summed E-state index contributed by atoms with van der Waals surface area (Å²) in [5.41, 5.74) is 1.75. The summed E-state index contributed by atoms with van der Waals surface area (Å²) >= 11 is 0. The molecule has 0 spiro atoms. The fraction of sp³-hybridized carbons (Fsp3) is 0.409. The largest absolute Gasteiger partial charge is 0.494 e. The lowest BCUT2D eigenvalue weighted by atomic mass is 9.85. The van der Waals surface area contributed by atoms with E-state index < -0.39 is 23.0 Å². The summed E-state index contributed by atoms with van der Waals surface area (Å²) in [6.07, 6.45) is 3.00. The fourth-order valence-electron chi connectivity index (χ4n) is 3.54. The lowest BCUT2D eigenvalue weighted by Crippen LogP contribution is -2.19. The Morgan fingerprint density at radius 3 is 2.39 bits per heavy atom. The lowest BCUT2D eigenvalue weighted by molar-refractivity contribution is 0.102. The summed E-state index contributed by atoms with van der Waals surface area (Å²) in [5, 5.41) is 6.09. The minimum absolute atomic E-state index is 0.0299. The lowest BCUT2D eigenvalue weighted by Gasteiger charge is -2.21. The number of hydrogen-bond donors (Lipinski definition) is 2. The Hall–Kier alpha value is -2.63. The van der Waals surface area contributed by atoms with Gasteiger partial charge in [-0.3, -0.25) is 4.79 Å². The predicted octanol–water partition coefficient (Wildman–Crippen LogP) is 5.27. The highest BCUT2D eigenvalue weighted by Crippen LogP contribution is 2.34. The second-order valence-electron chi connectivity index (χ2n) is 8.11. The van der Waals surface area contributed by atoms with Crippen LogP contribution in [0.3, 0.4) is 0 Å². The molecule has 1 amide bonds. The Kier molecular flexibility index (Phi) is 5.59. The van der Waals surface area contributed by atoms with E-state index in [9.17, 15) is 13.6 Å². The molecule has 2 aromatic carbocycles. The van der Waals surface area contributed by atoms with Crippen molar-refractivity contribution >= 4 is 17.3 Å². The Labute approximate surface area is 164 Å². The van der Waals surface area contributed by atoms with Gasteiger partial charge < -0.3 is 15.4 Å². The molecule has 6 heteroatoms. The molecule has 0 unspecified atom stereocenters. The molecule has 3 rings (SSSR count). The number of carbonyl (C=O) groups excluding carboxylic acids is 1. The van der Waals surface area contributed by atoms with E-state index in [2.05, 4.69) is 10.6 Å². The zero-order valence-electron chi connectivity index (χ0n) is 16.7. The maximum atomic E-state index is 14.5. The third-order valence-corrected chi connectivity index (χ3v) is 4.92. The van der Waals surface area contributed by atoms with Crippen LogP contribution in [-0.2, 0) is 11.8 Å². The number of methoxy groups -OCH3 is 1. The maximum Gasteiger partial charge on any atom is 0.255 e. The van der Waals surface area contributed by atoms with Gasteiger partial charge in [0.15, 0.2) is 0 Å². The van der Waals surface area contributed by atoms with Gasteiger partial charge in [-0.15, -0.1) is 0 Å². The summed E-state index contributed by atoms with van der Waals surface area (Å²) in [7, 11) is 1.52. The van der Waals surface area contributed by atoms with Crippen LogP contribution >= 0.6 is 0 Å². The van der Waals surface area contributed by atoms with Gasteiger partial charge in [-0.2, -0.15) is 0 Å². The number of ether oxygens (including phenoxy) is 1. The zero-order valence-corrected chi connectivity index (χ0v) is 16.7. The molecule has 0 aliphatic carbocycles. The van der Waals surface area contributed by atoms with Crippen LogP contribution in [0.5, 0.6) is 5.75 Å². The standard InChI is InChI=1S/C22H26F2N2O2/c1-22(2,3)20-15(23)9-14(10-16(20)24)21(27)26-18-11-13-7-5-6-8-25-17(13)12-19(18)28-4/h9-12,25H,5-8H2,1-4H3,(H,26,27). The summed E-state index contributed by atoms with van der Waals surface area (Å²) in [4.78, 5) is 12.7. The third kappa shape index (κ3) is 4.11. The first-order valence-corrected chi connectivity index (χ1v) is 9.46. The van der Waals surface area contributed by atoms with Crippen molar-refractivity contribution in [2.75, 3.05) is 24.3 Å². The van der Waals surface area contributed by atoms with Gasteiger partial charge in [-0.1, -0.05) is 20.8 Å². The Morgan fingerprint density at radius 1 is 1.11 bits per heavy atom. The minimum Gasteiger partial charge on any atom is -0.494 e. The monoisotopic (exact) mass is 388 g/mol. The van der Waals surface area contributed by atoms with E-state index in [1.54, 1.807) is 20.8 Å². The molecule has 0 saturated carbocycles. The SMILES string of the molecule is COc1cc2c(cc1NC(=O)c1cc(F)c(C(C)(C)C)c(F)c1)CCCCN2.